The number of hydrogen-bond donors (Lipinski definition) is 2. The Balaban J connectivity index is 2.26. The van der Waals surface area contributed by atoms with Crippen molar-refractivity contribution in [2.24, 2.45) is 5.92 Å². The van der Waals surface area contributed by atoms with Crippen LogP contribution in [0.4, 0.5) is 0 Å². The quantitative estimate of drug-likeness (QED) is 0.630. The lowest BCUT2D eigenvalue weighted by molar-refractivity contribution is -0.0327. The summed E-state index contributed by atoms with van der Waals surface area (Å²) in [6.45, 7) is 4.46. The number of fused-ring (bicyclic) bond motifs is 1. The number of amides is 3. The second-order valence-corrected chi connectivity index (χ2v) is 4.79. The summed E-state index contributed by atoms with van der Waals surface area (Å²) in [5.41, 5.74) is 0.438. The molecule has 0 aliphatic carbocycles. The Labute approximate surface area is 110 Å². The van der Waals surface area contributed by atoms with E-state index in [1.165, 1.54) is 18.2 Å². The maximum absolute atomic E-state index is 11.8. The summed E-state index contributed by atoms with van der Waals surface area (Å²) in [4.78, 5) is 34.9. The van der Waals surface area contributed by atoms with E-state index in [9.17, 15) is 19.6 Å². The molecule has 1 aliphatic rings. The number of nitrogens with zero attached hydrogens (tertiary/aromatic N) is 1. The molecule has 1 aromatic rings. The van der Waals surface area contributed by atoms with Crippen molar-refractivity contribution in [2.45, 2.75) is 13.8 Å². The van der Waals surface area contributed by atoms with Crippen LogP contribution in [0.3, 0.4) is 0 Å². The zero-order chi connectivity index (χ0) is 14.2. The minimum absolute atomic E-state index is 0.0460. The van der Waals surface area contributed by atoms with Gasteiger partial charge in [-0.25, -0.2) is 0 Å². The van der Waals surface area contributed by atoms with Gasteiger partial charge in [0.25, 0.3) is 17.7 Å². The lowest BCUT2D eigenvalue weighted by Crippen LogP contribution is -2.27. The lowest BCUT2D eigenvalue weighted by Gasteiger charge is -2.07. The SMILES string of the molecule is CC(C)CNC(=O)c1ccc2c(c1)C(=O)N(O)C2=O. The number of hydroxylamine groups is 2. The molecule has 3 amide bonds. The largest absolute Gasteiger partial charge is 0.352 e. The Morgan fingerprint density at radius 2 is 1.89 bits per heavy atom. The molecule has 2 N–H and O–H groups in total. The molecule has 0 unspecified atom stereocenters. The van der Waals surface area contributed by atoms with Crippen LogP contribution in [0, 0.1) is 5.92 Å². The van der Waals surface area contributed by atoms with Gasteiger partial charge >= 0.3 is 0 Å². The molecule has 0 radical (unpaired) electrons. The minimum Gasteiger partial charge on any atom is -0.352 e. The highest BCUT2D eigenvalue weighted by Crippen LogP contribution is 2.22. The number of benzene rings is 1. The van der Waals surface area contributed by atoms with E-state index in [4.69, 9.17) is 0 Å². The van der Waals surface area contributed by atoms with Gasteiger partial charge in [0, 0.05) is 12.1 Å². The Hall–Kier alpha value is -2.21. The van der Waals surface area contributed by atoms with Gasteiger partial charge in [0.15, 0.2) is 0 Å². The topological polar surface area (TPSA) is 86.7 Å². The van der Waals surface area contributed by atoms with Crippen molar-refractivity contribution < 1.29 is 19.6 Å². The molecule has 2 rings (SSSR count). The monoisotopic (exact) mass is 262 g/mol. The van der Waals surface area contributed by atoms with E-state index in [2.05, 4.69) is 5.32 Å². The van der Waals surface area contributed by atoms with Crippen LogP contribution in [0.2, 0.25) is 0 Å². The van der Waals surface area contributed by atoms with Crippen LogP contribution in [-0.4, -0.2) is 34.5 Å². The Morgan fingerprint density at radius 3 is 2.53 bits per heavy atom. The summed E-state index contributed by atoms with van der Waals surface area (Å²) >= 11 is 0. The standard InChI is InChI=1S/C13H14N2O4/c1-7(2)6-14-11(16)8-3-4-9-10(5-8)13(18)15(19)12(9)17/h3-5,7,19H,6H2,1-2H3,(H,14,16). The molecular formula is C13H14N2O4. The molecule has 1 aromatic carbocycles. The van der Waals surface area contributed by atoms with E-state index in [1.807, 2.05) is 13.8 Å². The predicted octanol–water partition coefficient (Wildman–Crippen LogP) is 1.06. The van der Waals surface area contributed by atoms with Crippen molar-refractivity contribution in [1.29, 1.82) is 0 Å². The highest BCUT2D eigenvalue weighted by atomic mass is 16.5. The first-order valence-corrected chi connectivity index (χ1v) is 5.91. The molecule has 100 valence electrons. The molecule has 0 spiro atoms. The van der Waals surface area contributed by atoms with Crippen LogP contribution >= 0.6 is 0 Å². The zero-order valence-electron chi connectivity index (χ0n) is 10.6. The zero-order valence-corrected chi connectivity index (χ0v) is 10.6. The van der Waals surface area contributed by atoms with Gasteiger partial charge in [-0.1, -0.05) is 13.8 Å². The van der Waals surface area contributed by atoms with Crippen molar-refractivity contribution in [3.05, 3.63) is 34.9 Å². The third kappa shape index (κ3) is 2.34. The molecule has 19 heavy (non-hydrogen) atoms. The Bertz CT molecular complexity index is 566. The van der Waals surface area contributed by atoms with Crippen LogP contribution in [0.25, 0.3) is 0 Å². The van der Waals surface area contributed by atoms with Crippen LogP contribution in [0.5, 0.6) is 0 Å². The minimum atomic E-state index is -0.807. The van der Waals surface area contributed by atoms with Crippen molar-refractivity contribution in [3.8, 4) is 0 Å². The fraction of sp³-hybridized carbons (Fsp3) is 0.308. The number of imide groups is 1. The molecule has 0 atom stereocenters. The number of carbonyl (C=O) groups is 3. The average molecular weight is 262 g/mol. The van der Waals surface area contributed by atoms with Gasteiger partial charge in [-0.05, 0) is 24.1 Å². The van der Waals surface area contributed by atoms with Gasteiger partial charge < -0.3 is 5.32 Å². The number of rotatable bonds is 3. The van der Waals surface area contributed by atoms with Crippen LogP contribution in [0.15, 0.2) is 18.2 Å². The summed E-state index contributed by atoms with van der Waals surface area (Å²) in [6, 6.07) is 4.15. The number of carbonyl (C=O) groups excluding carboxylic acids is 3. The van der Waals surface area contributed by atoms with Gasteiger partial charge in [-0.3, -0.25) is 19.6 Å². The first-order valence-electron chi connectivity index (χ1n) is 5.91. The Kier molecular flexibility index (Phi) is 3.35. The smallest absolute Gasteiger partial charge is 0.285 e. The third-order valence-electron chi connectivity index (χ3n) is 2.80. The van der Waals surface area contributed by atoms with Gasteiger partial charge in [0.2, 0.25) is 0 Å². The van der Waals surface area contributed by atoms with Gasteiger partial charge in [-0.2, -0.15) is 0 Å². The molecule has 0 saturated carbocycles. The third-order valence-corrected chi connectivity index (χ3v) is 2.80. The molecule has 1 aliphatic heterocycles. The van der Waals surface area contributed by atoms with E-state index >= 15 is 0 Å². The highest BCUT2D eigenvalue weighted by Gasteiger charge is 2.35. The molecular weight excluding hydrogens is 248 g/mol. The Morgan fingerprint density at radius 1 is 1.26 bits per heavy atom. The molecule has 6 heteroatoms. The van der Waals surface area contributed by atoms with Gasteiger partial charge in [0.05, 0.1) is 11.1 Å². The normalized spacial score (nSPS) is 14.0. The number of nitrogens with one attached hydrogen (secondary N) is 1. The van der Waals surface area contributed by atoms with E-state index < -0.39 is 11.8 Å². The molecule has 0 bridgehead atoms. The summed E-state index contributed by atoms with van der Waals surface area (Å²) in [7, 11) is 0. The van der Waals surface area contributed by atoms with E-state index in [1.54, 1.807) is 0 Å². The van der Waals surface area contributed by atoms with E-state index in [0.29, 0.717) is 12.5 Å². The fourth-order valence-electron chi connectivity index (χ4n) is 1.77. The first-order chi connectivity index (χ1) is 8.91. The lowest BCUT2D eigenvalue weighted by atomic mass is 10.1. The van der Waals surface area contributed by atoms with Gasteiger partial charge in [0.1, 0.15) is 0 Å². The van der Waals surface area contributed by atoms with Crippen LogP contribution in [-0.2, 0) is 0 Å². The summed E-state index contributed by atoms with van der Waals surface area (Å²) in [5.74, 6) is -1.57. The average Bonchev–Trinajstić information content (AvgIpc) is 2.61. The summed E-state index contributed by atoms with van der Waals surface area (Å²) in [5, 5.41) is 12.0. The predicted molar refractivity (Wildman–Crippen MR) is 65.9 cm³/mol. The van der Waals surface area contributed by atoms with E-state index in [0.717, 1.165) is 0 Å². The first kappa shape index (κ1) is 13.2. The summed E-state index contributed by atoms with van der Waals surface area (Å²) < 4.78 is 0. The highest BCUT2D eigenvalue weighted by molar-refractivity contribution is 6.21. The summed E-state index contributed by atoms with van der Waals surface area (Å²) in [6.07, 6.45) is 0. The van der Waals surface area contributed by atoms with E-state index in [-0.39, 0.29) is 27.7 Å². The maximum atomic E-state index is 11.8. The van der Waals surface area contributed by atoms with Crippen LogP contribution in [0.1, 0.15) is 44.9 Å². The molecule has 0 saturated heterocycles. The van der Waals surface area contributed by atoms with Gasteiger partial charge in [-0.15, -0.1) is 5.06 Å². The van der Waals surface area contributed by atoms with Crippen molar-refractivity contribution in [2.75, 3.05) is 6.54 Å². The second-order valence-electron chi connectivity index (χ2n) is 4.79. The number of hydrogen-bond acceptors (Lipinski definition) is 4. The molecule has 0 aromatic heterocycles. The second kappa shape index (κ2) is 4.81. The molecule has 6 nitrogen and oxygen atoms in total. The molecule has 0 fully saturated rings. The molecule has 1 heterocycles. The van der Waals surface area contributed by atoms with Crippen molar-refractivity contribution in [3.63, 3.8) is 0 Å². The fourth-order valence-corrected chi connectivity index (χ4v) is 1.77. The van der Waals surface area contributed by atoms with Crippen molar-refractivity contribution >= 4 is 17.7 Å². The van der Waals surface area contributed by atoms with Crippen LogP contribution < -0.4 is 5.32 Å². The maximum Gasteiger partial charge on any atom is 0.285 e. The van der Waals surface area contributed by atoms with Crippen molar-refractivity contribution in [1.82, 2.24) is 10.4 Å².